The average molecular weight is 1250 g/mol. The van der Waals surface area contributed by atoms with Crippen LogP contribution in [0.4, 0.5) is 0 Å². The molecule has 0 heterocycles. The summed E-state index contributed by atoms with van der Waals surface area (Å²) in [5.41, 5.74) is 16.2. The van der Waals surface area contributed by atoms with E-state index in [1.54, 1.807) is 0 Å². The number of aryl methyl sites for hydroxylation is 1. The van der Waals surface area contributed by atoms with E-state index in [2.05, 4.69) is 353 Å². The summed E-state index contributed by atoms with van der Waals surface area (Å²) < 4.78 is 0. The number of rotatable bonds is 6. The van der Waals surface area contributed by atoms with E-state index in [-0.39, 0.29) is 0 Å². The fourth-order valence-corrected chi connectivity index (χ4v) is 17.5. The second-order valence-electron chi connectivity index (χ2n) is 27.3. The van der Waals surface area contributed by atoms with E-state index in [9.17, 15) is 0 Å². The van der Waals surface area contributed by atoms with Crippen molar-refractivity contribution in [1.29, 1.82) is 0 Å². The molecule has 0 aliphatic heterocycles. The van der Waals surface area contributed by atoms with Crippen molar-refractivity contribution >= 4 is 151 Å². The van der Waals surface area contributed by atoms with Crippen LogP contribution < -0.4 is 0 Å². The third kappa shape index (κ3) is 8.53. The molecule has 99 heavy (non-hydrogen) atoms. The maximum absolute atomic E-state index is 2.45. The fraction of sp³-hybridized carbons (Fsp3) is 0.0101. The summed E-state index contributed by atoms with van der Waals surface area (Å²) in [5.74, 6) is 0. The summed E-state index contributed by atoms with van der Waals surface area (Å²) in [4.78, 5) is 0. The van der Waals surface area contributed by atoms with Gasteiger partial charge in [-0.2, -0.15) is 0 Å². The lowest BCUT2D eigenvalue weighted by Crippen LogP contribution is -1.92. The lowest BCUT2D eigenvalue weighted by molar-refractivity contribution is 1.54. The van der Waals surface area contributed by atoms with Crippen LogP contribution in [0.2, 0.25) is 0 Å². The van der Waals surface area contributed by atoms with Crippen LogP contribution in [0.1, 0.15) is 5.56 Å². The molecule has 0 spiro atoms. The summed E-state index contributed by atoms with van der Waals surface area (Å²) in [6, 6.07) is 131. The summed E-state index contributed by atoms with van der Waals surface area (Å²) in [6.07, 6.45) is 0. The minimum atomic E-state index is 1.22. The van der Waals surface area contributed by atoms with Crippen molar-refractivity contribution in [3.05, 3.63) is 351 Å². The van der Waals surface area contributed by atoms with Crippen molar-refractivity contribution in [1.82, 2.24) is 0 Å². The van der Waals surface area contributed by atoms with Crippen molar-refractivity contribution in [3.8, 4) is 66.8 Å². The Bertz CT molecular complexity index is 7030. The molecule has 0 unspecified atom stereocenters. The van der Waals surface area contributed by atoms with Crippen molar-refractivity contribution in [3.63, 3.8) is 0 Å². The van der Waals surface area contributed by atoms with Crippen LogP contribution in [-0.4, -0.2) is 0 Å². The van der Waals surface area contributed by atoms with Crippen LogP contribution >= 0.6 is 0 Å². The van der Waals surface area contributed by atoms with Crippen LogP contribution in [0, 0.1) is 6.92 Å². The zero-order valence-corrected chi connectivity index (χ0v) is 54.4. The van der Waals surface area contributed by atoms with E-state index in [0.29, 0.717) is 0 Å². The van der Waals surface area contributed by atoms with Gasteiger partial charge in [-0.15, -0.1) is 0 Å². The standard InChI is InChI=1S/C99H60/c1-59-18-9-22-62-52-93-66(51-90(59)62)42-46-81-71(33-14-37-77(81)93)72-34-15-38-78-82(72)47-43-67-56-91-63(53-94(67)78)23-11-31-75(91)73-35-16-39-79-83(73)48-44-68-57-92-64(54-95(68)79)24-12-32-76(92)74-36-17-40-80-84(74)49-45-69-58-97-65(55-96(69)80)25-13-41-89(97)99-87-29-7-5-27-85(87)98(86-28-6-8-30-88(86)99)70-26-10-21-61(50-70)60-19-3-2-4-20-60/h2-58H,1H3. The highest BCUT2D eigenvalue weighted by molar-refractivity contribution is 6.27. The molecule has 0 atom stereocenters. The third-order valence-corrected chi connectivity index (χ3v) is 22.1. The van der Waals surface area contributed by atoms with E-state index in [1.165, 1.54) is 223 Å². The summed E-state index contributed by atoms with van der Waals surface area (Å²) in [5, 5.41) is 35.2. The molecule has 21 aromatic carbocycles. The van der Waals surface area contributed by atoms with Crippen LogP contribution in [0.15, 0.2) is 346 Å². The molecule has 0 aromatic heterocycles. The Balaban J connectivity index is 0.645. The molecule has 0 aliphatic rings. The number of benzene rings is 21. The monoisotopic (exact) mass is 1250 g/mol. The van der Waals surface area contributed by atoms with Crippen LogP contribution in [0.3, 0.4) is 0 Å². The maximum atomic E-state index is 2.45. The van der Waals surface area contributed by atoms with Gasteiger partial charge >= 0.3 is 0 Å². The predicted octanol–water partition coefficient (Wildman–Crippen LogP) is 28.1. The molecule has 0 saturated carbocycles. The predicted molar refractivity (Wildman–Crippen MR) is 429 cm³/mol. The van der Waals surface area contributed by atoms with E-state index < -0.39 is 0 Å². The topological polar surface area (TPSA) is 0 Å². The second-order valence-corrected chi connectivity index (χ2v) is 27.3. The largest absolute Gasteiger partial charge is 0.0622 e. The second kappa shape index (κ2) is 21.6. The zero-order chi connectivity index (χ0) is 65.0. The Morgan fingerprint density at radius 1 is 0.131 bits per heavy atom. The van der Waals surface area contributed by atoms with Gasteiger partial charge in [0.2, 0.25) is 0 Å². The van der Waals surface area contributed by atoms with Gasteiger partial charge in [0.15, 0.2) is 0 Å². The van der Waals surface area contributed by atoms with Gasteiger partial charge in [0.1, 0.15) is 0 Å². The summed E-state index contributed by atoms with van der Waals surface area (Å²) in [7, 11) is 0. The van der Waals surface area contributed by atoms with E-state index in [4.69, 9.17) is 0 Å². The Labute approximate surface area is 572 Å². The molecule has 0 heteroatoms. The lowest BCUT2D eigenvalue weighted by Gasteiger charge is -2.19. The lowest BCUT2D eigenvalue weighted by atomic mass is 9.84. The zero-order valence-electron chi connectivity index (χ0n) is 54.4. The molecule has 0 amide bonds. The van der Waals surface area contributed by atoms with Gasteiger partial charge in [-0.3, -0.25) is 0 Å². The molecular weight excluding hydrogens is 1190 g/mol. The van der Waals surface area contributed by atoms with Crippen molar-refractivity contribution < 1.29 is 0 Å². The number of hydrogen-bond donors (Lipinski definition) is 0. The SMILES string of the molecule is Cc1cccc2cc3c(ccc4c(-c5cccc6c5ccc5cc7c(-c8cccc9c8ccc8cc%10c(-c%11cccc%12c%11ccc%11cc%13c(-c%14c%15ccccc%15c(-c%15cccc(-c%16ccccc%16)c%15)c%15ccccc%14%15)cccc%13cc%11%12)cccc%10cc89)cccc7cc56)cccc43)cc12. The first-order valence-electron chi connectivity index (χ1n) is 34.6. The minimum absolute atomic E-state index is 1.22. The Hall–Kier alpha value is -12.7. The molecule has 0 fully saturated rings. The Morgan fingerprint density at radius 2 is 0.404 bits per heavy atom. The Morgan fingerprint density at radius 3 is 0.828 bits per heavy atom. The normalized spacial score (nSPS) is 12.1. The maximum Gasteiger partial charge on any atom is -0.00201 e. The molecule has 0 nitrogen and oxygen atoms in total. The highest BCUT2D eigenvalue weighted by Gasteiger charge is 2.22. The van der Waals surface area contributed by atoms with Gasteiger partial charge in [0.05, 0.1) is 0 Å². The number of fused-ring (bicyclic) bond motifs is 18. The molecule has 456 valence electrons. The summed E-state index contributed by atoms with van der Waals surface area (Å²) >= 11 is 0. The first-order valence-corrected chi connectivity index (χ1v) is 34.6. The summed E-state index contributed by atoms with van der Waals surface area (Å²) in [6.45, 7) is 2.21. The first-order chi connectivity index (χ1) is 49.0. The van der Waals surface area contributed by atoms with E-state index in [1.807, 2.05) is 0 Å². The molecule has 0 bridgehead atoms. The van der Waals surface area contributed by atoms with Crippen molar-refractivity contribution in [2.24, 2.45) is 0 Å². The molecule has 0 saturated heterocycles. The average Bonchev–Trinajstić information content (AvgIpc) is 0.782. The van der Waals surface area contributed by atoms with Gasteiger partial charge in [-0.05, 0) is 285 Å². The van der Waals surface area contributed by atoms with Gasteiger partial charge in [0, 0.05) is 0 Å². The Kier molecular flexibility index (Phi) is 12.1. The smallest absolute Gasteiger partial charge is 0.00201 e. The van der Waals surface area contributed by atoms with Crippen LogP contribution in [0.5, 0.6) is 0 Å². The quantitative estimate of drug-likeness (QED) is 0.115. The molecule has 0 aliphatic carbocycles. The van der Waals surface area contributed by atoms with E-state index in [0.717, 1.165) is 0 Å². The van der Waals surface area contributed by atoms with Crippen molar-refractivity contribution in [2.75, 3.05) is 0 Å². The highest BCUT2D eigenvalue weighted by Crippen LogP contribution is 2.49. The van der Waals surface area contributed by atoms with Gasteiger partial charge in [-0.25, -0.2) is 0 Å². The van der Waals surface area contributed by atoms with E-state index >= 15 is 0 Å². The van der Waals surface area contributed by atoms with Crippen LogP contribution in [-0.2, 0) is 0 Å². The first kappa shape index (κ1) is 55.5. The third-order valence-electron chi connectivity index (χ3n) is 22.1. The molecule has 21 aromatic rings. The molecule has 0 radical (unpaired) electrons. The minimum Gasteiger partial charge on any atom is -0.0622 e. The fourth-order valence-electron chi connectivity index (χ4n) is 17.5. The molecular formula is C99H60. The van der Waals surface area contributed by atoms with Crippen molar-refractivity contribution in [2.45, 2.75) is 6.92 Å². The van der Waals surface area contributed by atoms with Gasteiger partial charge in [0.25, 0.3) is 0 Å². The molecule has 21 rings (SSSR count). The highest BCUT2D eigenvalue weighted by atomic mass is 14.2. The van der Waals surface area contributed by atoms with Crippen LogP contribution in [0.25, 0.3) is 218 Å². The van der Waals surface area contributed by atoms with Gasteiger partial charge in [-0.1, -0.05) is 291 Å². The number of hydrogen-bond acceptors (Lipinski definition) is 0. The molecule has 0 N–H and O–H groups in total. The van der Waals surface area contributed by atoms with Gasteiger partial charge < -0.3 is 0 Å².